The van der Waals surface area contributed by atoms with Crippen LogP contribution in [0.1, 0.15) is 27.2 Å². The topological polar surface area (TPSA) is 140 Å². The summed E-state index contributed by atoms with van der Waals surface area (Å²) in [5.74, 6) is -2.09. The van der Waals surface area contributed by atoms with E-state index in [4.69, 9.17) is 16.3 Å². The van der Waals surface area contributed by atoms with Crippen LogP contribution in [0.3, 0.4) is 0 Å². The van der Waals surface area contributed by atoms with Crippen LogP contribution < -0.4 is 14.4 Å². The first-order valence-electron chi connectivity index (χ1n) is 11.4. The molecular formula is C22H24ClF3N4O7S. The van der Waals surface area contributed by atoms with Crippen LogP contribution >= 0.6 is 11.6 Å². The summed E-state index contributed by atoms with van der Waals surface area (Å²) in [5, 5.41) is 15.2. The highest BCUT2D eigenvalue weighted by Gasteiger charge is 2.53. The van der Waals surface area contributed by atoms with Crippen LogP contribution in [0.4, 0.5) is 29.3 Å². The molecule has 1 amide bonds. The van der Waals surface area contributed by atoms with Crippen molar-refractivity contribution in [2.75, 3.05) is 16.2 Å². The van der Waals surface area contributed by atoms with E-state index in [0.29, 0.717) is 26.8 Å². The Morgan fingerprint density at radius 2 is 2.00 bits per heavy atom. The van der Waals surface area contributed by atoms with E-state index in [1.807, 2.05) is 0 Å². The third-order valence-corrected chi connectivity index (χ3v) is 8.51. The van der Waals surface area contributed by atoms with Crippen molar-refractivity contribution in [3.8, 4) is 5.75 Å². The number of hydrogen-bond donors (Lipinski definition) is 2. The molecule has 38 heavy (non-hydrogen) atoms. The molecule has 11 nitrogen and oxygen atoms in total. The minimum Gasteiger partial charge on any atom is -0.486 e. The van der Waals surface area contributed by atoms with Crippen molar-refractivity contribution in [3.05, 3.63) is 29.5 Å². The van der Waals surface area contributed by atoms with Crippen molar-refractivity contribution in [2.45, 2.75) is 56.5 Å². The molecule has 3 atom stereocenters. The fraction of sp³-hybridized carbons (Fsp3) is 0.500. The maximum Gasteiger partial charge on any atom is 0.427 e. The van der Waals surface area contributed by atoms with Gasteiger partial charge >= 0.3 is 18.2 Å². The molecule has 1 fully saturated rings. The number of benzene rings is 1. The average molecular weight is 581 g/mol. The summed E-state index contributed by atoms with van der Waals surface area (Å²) >= 11 is 6.12. The third-order valence-electron chi connectivity index (χ3n) is 6.34. The van der Waals surface area contributed by atoms with E-state index in [1.54, 1.807) is 6.92 Å². The first kappa shape index (κ1) is 27.8. The summed E-state index contributed by atoms with van der Waals surface area (Å²) in [7, 11) is -4.37. The second-order valence-corrected chi connectivity index (χ2v) is 11.6. The van der Waals surface area contributed by atoms with Gasteiger partial charge in [-0.1, -0.05) is 11.6 Å². The van der Waals surface area contributed by atoms with Crippen molar-refractivity contribution in [1.29, 1.82) is 0 Å². The molecule has 2 aliphatic rings. The van der Waals surface area contributed by atoms with Gasteiger partial charge in [0.15, 0.2) is 5.15 Å². The number of rotatable bonds is 7. The van der Waals surface area contributed by atoms with E-state index < -0.39 is 51.8 Å². The number of halogens is 4. The van der Waals surface area contributed by atoms with Gasteiger partial charge in [-0.05, 0) is 45.4 Å². The Labute approximate surface area is 220 Å². The number of hydrogen-bond acceptors (Lipinski definition) is 7. The maximum atomic E-state index is 13.7. The van der Waals surface area contributed by atoms with Gasteiger partial charge in [0.2, 0.25) is 5.60 Å². The van der Waals surface area contributed by atoms with E-state index in [1.165, 1.54) is 29.1 Å². The molecule has 2 heterocycles. The average Bonchev–Trinajstić information content (AvgIpc) is 3.52. The Hall–Kier alpha value is -3.20. The molecule has 1 aliphatic heterocycles. The highest BCUT2D eigenvalue weighted by molar-refractivity contribution is 7.93. The van der Waals surface area contributed by atoms with Crippen LogP contribution in [0, 0.1) is 11.8 Å². The molecule has 4 rings (SSSR count). The molecule has 16 heteroatoms. The highest BCUT2D eigenvalue weighted by Crippen LogP contribution is 2.48. The zero-order valence-electron chi connectivity index (χ0n) is 20.3. The van der Waals surface area contributed by atoms with Crippen LogP contribution in [0.25, 0.3) is 0 Å². The Bertz CT molecular complexity index is 1380. The molecule has 0 saturated heterocycles. The first-order chi connectivity index (χ1) is 17.5. The van der Waals surface area contributed by atoms with Crippen LogP contribution in [-0.2, 0) is 26.1 Å². The van der Waals surface area contributed by atoms with Crippen molar-refractivity contribution in [3.63, 3.8) is 0 Å². The van der Waals surface area contributed by atoms with Crippen molar-refractivity contribution < 1.29 is 45.8 Å². The van der Waals surface area contributed by atoms with Gasteiger partial charge in [-0.25, -0.2) is 13.2 Å². The van der Waals surface area contributed by atoms with Gasteiger partial charge in [0, 0.05) is 24.3 Å². The van der Waals surface area contributed by atoms with Gasteiger partial charge in [0.05, 0.1) is 18.2 Å². The lowest BCUT2D eigenvalue weighted by molar-refractivity contribution is -0.242. The number of carboxylic acid groups (broad SMARTS) is 1. The summed E-state index contributed by atoms with van der Waals surface area (Å²) in [6, 6.07) is 3.81. The number of carboxylic acids is 1. The molecule has 1 aromatic heterocycles. The van der Waals surface area contributed by atoms with Crippen molar-refractivity contribution in [1.82, 2.24) is 9.78 Å². The van der Waals surface area contributed by atoms with Gasteiger partial charge in [0.1, 0.15) is 16.7 Å². The van der Waals surface area contributed by atoms with E-state index >= 15 is 0 Å². The first-order valence-corrected chi connectivity index (χ1v) is 13.2. The van der Waals surface area contributed by atoms with Crippen LogP contribution in [-0.4, -0.2) is 59.8 Å². The molecule has 2 aromatic rings. The molecule has 2 N–H and O–H groups in total. The Balaban J connectivity index is 1.68. The van der Waals surface area contributed by atoms with Crippen molar-refractivity contribution >= 4 is 45.1 Å². The van der Waals surface area contributed by atoms with E-state index in [0.717, 1.165) is 4.31 Å². The SMILES string of the molecule is CCn1cc(S(=O)(=O)N2CC([C@H]3C[C@H]3C(=O)O)Oc3ccc(NC(=O)OC(C)(C)C(F)(F)F)cc32)c(Cl)n1. The number of ether oxygens (including phenoxy) is 2. The number of aryl methyl sites for hydroxylation is 1. The number of anilines is 2. The number of fused-ring (bicyclic) bond motifs is 1. The minimum atomic E-state index is -4.83. The van der Waals surface area contributed by atoms with Crippen LogP contribution in [0.5, 0.6) is 5.75 Å². The summed E-state index contributed by atoms with van der Waals surface area (Å²) in [5.41, 5.74) is -2.89. The Morgan fingerprint density at radius 3 is 2.55 bits per heavy atom. The lowest BCUT2D eigenvalue weighted by atomic mass is 10.1. The standard InChI is InChI=1S/C22H24ClF3N4O7S/c1-4-29-10-17(18(23)28-29)38(34,35)30-9-16(12-8-13(12)19(31)32)36-15-6-5-11(7-14(15)30)27-20(33)37-21(2,3)22(24,25)26/h5-7,10,12-13,16H,4,8-9H2,1-3H3,(H,27,33)(H,31,32)/t12-,13+,16?/m0/s1. The molecular weight excluding hydrogens is 557 g/mol. The van der Waals surface area contributed by atoms with E-state index in [2.05, 4.69) is 15.2 Å². The molecule has 0 spiro atoms. The zero-order chi connectivity index (χ0) is 28.2. The van der Waals surface area contributed by atoms with E-state index in [9.17, 15) is 36.3 Å². The number of nitrogens with one attached hydrogen (secondary N) is 1. The number of sulfonamides is 1. The fourth-order valence-corrected chi connectivity index (χ4v) is 5.91. The Kier molecular flexibility index (Phi) is 6.97. The highest BCUT2D eigenvalue weighted by atomic mass is 35.5. The maximum absolute atomic E-state index is 13.7. The van der Waals surface area contributed by atoms with Crippen molar-refractivity contribution in [2.24, 2.45) is 11.8 Å². The number of carbonyl (C=O) groups is 2. The zero-order valence-corrected chi connectivity index (χ0v) is 21.9. The molecule has 1 saturated carbocycles. The fourth-order valence-electron chi connectivity index (χ4n) is 3.98. The Morgan fingerprint density at radius 1 is 1.32 bits per heavy atom. The monoisotopic (exact) mass is 580 g/mol. The number of carbonyl (C=O) groups excluding carboxylic acids is 1. The van der Waals surface area contributed by atoms with Gasteiger partial charge < -0.3 is 14.6 Å². The molecule has 208 valence electrons. The second kappa shape index (κ2) is 9.52. The molecule has 1 unspecified atom stereocenters. The summed E-state index contributed by atoms with van der Waals surface area (Å²) in [6.07, 6.45) is -5.48. The third kappa shape index (κ3) is 5.21. The number of aromatic nitrogens is 2. The molecule has 1 aromatic carbocycles. The van der Waals surface area contributed by atoms with E-state index in [-0.39, 0.29) is 33.7 Å². The largest absolute Gasteiger partial charge is 0.486 e. The van der Waals surface area contributed by atoms with Gasteiger partial charge in [-0.2, -0.15) is 18.3 Å². The predicted molar refractivity (Wildman–Crippen MR) is 128 cm³/mol. The number of alkyl halides is 3. The second-order valence-electron chi connectivity index (χ2n) is 9.38. The lowest BCUT2D eigenvalue weighted by Crippen LogP contribution is -2.45. The van der Waals surface area contributed by atoms with Gasteiger partial charge in [0.25, 0.3) is 10.0 Å². The summed E-state index contributed by atoms with van der Waals surface area (Å²) in [4.78, 5) is 23.3. The van der Waals surface area contributed by atoms with Gasteiger partial charge in [-0.3, -0.25) is 19.1 Å². The number of aliphatic carboxylic acids is 1. The quantitative estimate of drug-likeness (QED) is 0.498. The summed E-state index contributed by atoms with van der Waals surface area (Å²) in [6.45, 7) is 3.17. The van der Waals surface area contributed by atoms with Gasteiger partial charge in [-0.15, -0.1) is 0 Å². The van der Waals surface area contributed by atoms with Crippen LogP contribution in [0.15, 0.2) is 29.3 Å². The van der Waals surface area contributed by atoms with Crippen LogP contribution in [0.2, 0.25) is 5.15 Å². The molecule has 0 bridgehead atoms. The predicted octanol–water partition coefficient (Wildman–Crippen LogP) is 4.12. The number of amides is 1. The lowest BCUT2D eigenvalue weighted by Gasteiger charge is -2.36. The smallest absolute Gasteiger partial charge is 0.427 e. The summed E-state index contributed by atoms with van der Waals surface area (Å²) < 4.78 is 79.4. The molecule has 0 radical (unpaired) electrons. The normalized spacial score (nSPS) is 21.3. The number of nitrogens with zero attached hydrogens (tertiary/aromatic N) is 3. The molecule has 1 aliphatic carbocycles. The minimum absolute atomic E-state index is 0.0398.